The molecular weight excluding hydrogens is 328 g/mol. The van der Waals surface area contributed by atoms with Gasteiger partial charge in [-0.3, -0.25) is 4.40 Å². The molecule has 4 rings (SSSR count). The van der Waals surface area contributed by atoms with Gasteiger partial charge in [0.1, 0.15) is 0 Å². The summed E-state index contributed by atoms with van der Waals surface area (Å²) in [4.78, 5) is 4.46. The SMILES string of the molecule is CC(C)(C)/C=C(\c1ccccc1)c1ccc(-c2ccccc2)n2cncc12. The van der Waals surface area contributed by atoms with Gasteiger partial charge in [-0.05, 0) is 28.2 Å². The Morgan fingerprint density at radius 2 is 1.52 bits per heavy atom. The first kappa shape index (κ1) is 17.3. The first-order valence-corrected chi connectivity index (χ1v) is 9.32. The molecule has 0 radical (unpaired) electrons. The van der Waals surface area contributed by atoms with Crippen LogP contribution in [0.1, 0.15) is 31.9 Å². The third-order valence-corrected chi connectivity index (χ3v) is 4.60. The van der Waals surface area contributed by atoms with Crippen LogP contribution in [0.5, 0.6) is 0 Å². The molecule has 134 valence electrons. The van der Waals surface area contributed by atoms with Gasteiger partial charge < -0.3 is 0 Å². The van der Waals surface area contributed by atoms with Crippen molar-refractivity contribution < 1.29 is 0 Å². The van der Waals surface area contributed by atoms with Gasteiger partial charge in [-0.2, -0.15) is 0 Å². The standard InChI is InChI=1S/C25H24N2/c1-25(2,3)16-22(19-10-6-4-7-11-19)21-14-15-23(20-12-8-5-9-13-20)27-18-26-17-24(21)27/h4-18H,1-3H3/b22-16+. The zero-order chi connectivity index (χ0) is 18.9. The zero-order valence-electron chi connectivity index (χ0n) is 16.1. The number of pyridine rings is 1. The maximum Gasteiger partial charge on any atom is 0.0997 e. The van der Waals surface area contributed by atoms with Crippen molar-refractivity contribution in [3.63, 3.8) is 0 Å². The number of rotatable bonds is 3. The van der Waals surface area contributed by atoms with Gasteiger partial charge >= 0.3 is 0 Å². The number of imidazole rings is 1. The lowest BCUT2D eigenvalue weighted by atomic mass is 9.87. The second-order valence-electron chi connectivity index (χ2n) is 7.94. The van der Waals surface area contributed by atoms with Crippen LogP contribution in [0.25, 0.3) is 22.3 Å². The smallest absolute Gasteiger partial charge is 0.0997 e. The predicted octanol–water partition coefficient (Wildman–Crippen LogP) is 6.48. The van der Waals surface area contributed by atoms with Crippen molar-refractivity contribution in [2.75, 3.05) is 0 Å². The monoisotopic (exact) mass is 352 g/mol. The average molecular weight is 352 g/mol. The highest BCUT2D eigenvalue weighted by Gasteiger charge is 2.16. The van der Waals surface area contributed by atoms with Crippen LogP contribution in [0.2, 0.25) is 0 Å². The highest BCUT2D eigenvalue weighted by molar-refractivity contribution is 5.89. The molecule has 2 nitrogen and oxygen atoms in total. The van der Waals surface area contributed by atoms with Crippen LogP contribution in [0, 0.1) is 5.41 Å². The molecule has 0 aliphatic carbocycles. The highest BCUT2D eigenvalue weighted by atomic mass is 15.0. The van der Waals surface area contributed by atoms with E-state index in [2.05, 4.69) is 103 Å². The van der Waals surface area contributed by atoms with Gasteiger partial charge in [0.15, 0.2) is 0 Å². The normalized spacial score (nSPS) is 12.5. The maximum atomic E-state index is 4.46. The van der Waals surface area contributed by atoms with E-state index < -0.39 is 0 Å². The van der Waals surface area contributed by atoms with E-state index in [4.69, 9.17) is 0 Å². The molecule has 27 heavy (non-hydrogen) atoms. The molecule has 0 unspecified atom stereocenters. The molecule has 2 aromatic heterocycles. The molecule has 0 amide bonds. The number of allylic oxidation sites excluding steroid dienone is 1. The molecule has 0 saturated heterocycles. The lowest BCUT2D eigenvalue weighted by Gasteiger charge is -2.19. The first-order chi connectivity index (χ1) is 13.0. The van der Waals surface area contributed by atoms with Gasteiger partial charge in [0.25, 0.3) is 0 Å². The molecule has 2 aromatic carbocycles. The Bertz CT molecular complexity index is 1080. The fourth-order valence-corrected chi connectivity index (χ4v) is 3.45. The highest BCUT2D eigenvalue weighted by Crippen LogP contribution is 2.33. The molecule has 0 N–H and O–H groups in total. The number of aromatic nitrogens is 2. The van der Waals surface area contributed by atoms with Crippen molar-refractivity contribution in [2.45, 2.75) is 20.8 Å². The molecule has 2 heterocycles. The van der Waals surface area contributed by atoms with Gasteiger partial charge in [-0.1, -0.05) is 93.6 Å². The van der Waals surface area contributed by atoms with E-state index >= 15 is 0 Å². The minimum absolute atomic E-state index is 0.0697. The largest absolute Gasteiger partial charge is 0.298 e. The fraction of sp³-hybridized carbons (Fsp3) is 0.160. The Morgan fingerprint density at radius 1 is 0.852 bits per heavy atom. The van der Waals surface area contributed by atoms with E-state index in [9.17, 15) is 0 Å². The minimum atomic E-state index is 0.0697. The third kappa shape index (κ3) is 3.56. The van der Waals surface area contributed by atoms with Crippen LogP contribution in [0.15, 0.2) is 91.4 Å². The molecule has 0 bridgehead atoms. The van der Waals surface area contributed by atoms with E-state index in [1.807, 2.05) is 18.6 Å². The van der Waals surface area contributed by atoms with Crippen LogP contribution < -0.4 is 0 Å². The predicted molar refractivity (Wildman–Crippen MR) is 114 cm³/mol. The van der Waals surface area contributed by atoms with Crippen LogP contribution in [0.4, 0.5) is 0 Å². The Kier molecular flexibility index (Phi) is 4.41. The second-order valence-corrected chi connectivity index (χ2v) is 7.94. The lowest BCUT2D eigenvalue weighted by Crippen LogP contribution is -2.03. The quantitative estimate of drug-likeness (QED) is 0.412. The van der Waals surface area contributed by atoms with Gasteiger partial charge in [0, 0.05) is 5.56 Å². The number of nitrogens with zero attached hydrogens (tertiary/aromatic N) is 2. The topological polar surface area (TPSA) is 17.3 Å². The van der Waals surface area contributed by atoms with Crippen LogP contribution in [0.3, 0.4) is 0 Å². The van der Waals surface area contributed by atoms with E-state index in [-0.39, 0.29) is 5.41 Å². The summed E-state index contributed by atoms with van der Waals surface area (Å²) in [7, 11) is 0. The van der Waals surface area contributed by atoms with Crippen molar-refractivity contribution in [1.29, 1.82) is 0 Å². The average Bonchev–Trinajstić information content (AvgIpc) is 3.16. The molecule has 0 aliphatic rings. The summed E-state index contributed by atoms with van der Waals surface area (Å²) in [5, 5.41) is 0. The Labute approximate surface area is 160 Å². The van der Waals surface area contributed by atoms with Crippen LogP contribution in [-0.2, 0) is 0 Å². The van der Waals surface area contributed by atoms with Crippen LogP contribution in [-0.4, -0.2) is 9.38 Å². The van der Waals surface area contributed by atoms with Crippen molar-refractivity contribution in [2.24, 2.45) is 5.41 Å². The number of hydrogen-bond donors (Lipinski definition) is 0. The second kappa shape index (κ2) is 6.88. The van der Waals surface area contributed by atoms with Gasteiger partial charge in [-0.25, -0.2) is 4.98 Å². The van der Waals surface area contributed by atoms with Gasteiger partial charge in [0.05, 0.1) is 23.7 Å². The van der Waals surface area contributed by atoms with Crippen LogP contribution >= 0.6 is 0 Å². The van der Waals surface area contributed by atoms with Gasteiger partial charge in [-0.15, -0.1) is 0 Å². The number of benzene rings is 2. The lowest BCUT2D eigenvalue weighted by molar-refractivity contribution is 0.546. The van der Waals surface area contributed by atoms with E-state index in [0.717, 1.165) is 11.2 Å². The fourth-order valence-electron chi connectivity index (χ4n) is 3.45. The number of fused-ring (bicyclic) bond motifs is 1. The molecule has 4 aromatic rings. The molecule has 0 saturated carbocycles. The Morgan fingerprint density at radius 3 is 2.19 bits per heavy atom. The summed E-state index contributed by atoms with van der Waals surface area (Å²) in [5.41, 5.74) is 7.20. The van der Waals surface area contributed by atoms with E-state index in [1.54, 1.807) is 0 Å². The van der Waals surface area contributed by atoms with E-state index in [1.165, 1.54) is 22.3 Å². The minimum Gasteiger partial charge on any atom is -0.298 e. The van der Waals surface area contributed by atoms with Crippen molar-refractivity contribution in [3.8, 4) is 11.3 Å². The molecular formula is C25H24N2. The summed E-state index contributed by atoms with van der Waals surface area (Å²) < 4.78 is 2.18. The molecule has 0 atom stereocenters. The summed E-state index contributed by atoms with van der Waals surface area (Å²) in [6, 6.07) is 25.5. The Hall–Kier alpha value is -3.13. The van der Waals surface area contributed by atoms with E-state index in [0.29, 0.717) is 0 Å². The van der Waals surface area contributed by atoms with Gasteiger partial charge in [0.2, 0.25) is 0 Å². The summed E-state index contributed by atoms with van der Waals surface area (Å²) in [6.45, 7) is 6.71. The van der Waals surface area contributed by atoms with Crippen molar-refractivity contribution in [3.05, 3.63) is 103 Å². The molecule has 0 fully saturated rings. The molecule has 2 heteroatoms. The third-order valence-electron chi connectivity index (χ3n) is 4.60. The Balaban J connectivity index is 1.95. The van der Waals surface area contributed by atoms with Crippen molar-refractivity contribution >= 4 is 11.1 Å². The summed E-state index contributed by atoms with van der Waals surface area (Å²) in [5.74, 6) is 0. The summed E-state index contributed by atoms with van der Waals surface area (Å²) >= 11 is 0. The first-order valence-electron chi connectivity index (χ1n) is 9.32. The molecule has 0 spiro atoms. The summed E-state index contributed by atoms with van der Waals surface area (Å²) in [6.07, 6.45) is 6.22. The zero-order valence-corrected chi connectivity index (χ0v) is 16.1. The van der Waals surface area contributed by atoms with Crippen molar-refractivity contribution in [1.82, 2.24) is 9.38 Å². The maximum absolute atomic E-state index is 4.46. The number of hydrogen-bond acceptors (Lipinski definition) is 1. The molecule has 0 aliphatic heterocycles.